The van der Waals surface area contributed by atoms with Crippen molar-refractivity contribution in [3.63, 3.8) is 0 Å². The summed E-state index contributed by atoms with van der Waals surface area (Å²) >= 11 is 1.23. The highest BCUT2D eigenvalue weighted by molar-refractivity contribution is 8.00. The van der Waals surface area contributed by atoms with Crippen LogP contribution in [0.25, 0.3) is 0 Å². The predicted octanol–water partition coefficient (Wildman–Crippen LogP) is 2.43. The predicted molar refractivity (Wildman–Crippen MR) is 90.9 cm³/mol. The van der Waals surface area contributed by atoms with Crippen LogP contribution in [-0.4, -0.2) is 33.6 Å². The summed E-state index contributed by atoms with van der Waals surface area (Å²) in [4.78, 5) is 18.9. The first-order valence-corrected chi connectivity index (χ1v) is 9.17. The van der Waals surface area contributed by atoms with Gasteiger partial charge < -0.3 is 10.6 Å². The lowest BCUT2D eigenvalue weighted by Gasteiger charge is -2.29. The zero-order valence-electron chi connectivity index (χ0n) is 13.4. The number of thioether (sulfide) groups is 1. The molecule has 0 aromatic carbocycles. The van der Waals surface area contributed by atoms with E-state index in [4.69, 9.17) is 11.0 Å². The van der Waals surface area contributed by atoms with E-state index in [1.807, 2.05) is 12.1 Å². The molecule has 0 saturated heterocycles. The van der Waals surface area contributed by atoms with Crippen LogP contribution in [0.1, 0.15) is 49.7 Å². The number of hydrogen-bond acceptors (Lipinski definition) is 6. The Hall–Kier alpha value is -2.25. The topological polar surface area (TPSA) is 107 Å². The zero-order chi connectivity index (χ0) is 17.1. The summed E-state index contributed by atoms with van der Waals surface area (Å²) in [5.74, 6) is 0.462. The summed E-state index contributed by atoms with van der Waals surface area (Å²) in [6, 6.07) is 6.15. The standard InChI is InChI=1S/C17H19N5OS/c18-8-11-7-12(9-19)17(21-16(11)20)24-10-15(23)22(14-5-6-14)13-3-1-2-4-13/h7,13-14H,1-6,10H2,(H2,20,21). The Morgan fingerprint density at radius 3 is 2.42 bits per heavy atom. The van der Waals surface area contributed by atoms with E-state index in [2.05, 4.69) is 9.88 Å². The monoisotopic (exact) mass is 341 g/mol. The molecule has 1 aromatic rings. The molecule has 2 aliphatic carbocycles. The van der Waals surface area contributed by atoms with Crippen LogP contribution in [0.3, 0.4) is 0 Å². The Kier molecular flexibility index (Phi) is 4.92. The summed E-state index contributed by atoms with van der Waals surface area (Å²) in [5.41, 5.74) is 6.20. The number of nitriles is 2. The van der Waals surface area contributed by atoms with E-state index in [9.17, 15) is 10.1 Å². The Morgan fingerprint density at radius 1 is 1.21 bits per heavy atom. The number of hydrogen-bond donors (Lipinski definition) is 1. The average molecular weight is 341 g/mol. The van der Waals surface area contributed by atoms with Gasteiger partial charge in [0.05, 0.1) is 16.9 Å². The van der Waals surface area contributed by atoms with E-state index >= 15 is 0 Å². The van der Waals surface area contributed by atoms with Crippen molar-refractivity contribution in [1.82, 2.24) is 9.88 Å². The van der Waals surface area contributed by atoms with E-state index in [0.717, 1.165) is 25.7 Å². The van der Waals surface area contributed by atoms with Crippen LogP contribution in [0.2, 0.25) is 0 Å². The number of amides is 1. The van der Waals surface area contributed by atoms with Gasteiger partial charge in [0, 0.05) is 12.1 Å². The molecule has 0 aliphatic heterocycles. The van der Waals surface area contributed by atoms with Gasteiger partial charge in [-0.25, -0.2) is 4.98 Å². The fourth-order valence-electron chi connectivity index (χ4n) is 3.23. The highest BCUT2D eigenvalue weighted by Crippen LogP contribution is 2.35. The third-order valence-electron chi connectivity index (χ3n) is 4.54. The van der Waals surface area contributed by atoms with Gasteiger partial charge in [0.2, 0.25) is 5.91 Å². The van der Waals surface area contributed by atoms with Gasteiger partial charge in [0.25, 0.3) is 0 Å². The first kappa shape index (κ1) is 16.6. The number of anilines is 1. The second-order valence-electron chi connectivity index (χ2n) is 6.26. The van der Waals surface area contributed by atoms with E-state index in [-0.39, 0.29) is 28.6 Å². The molecule has 0 bridgehead atoms. The number of aromatic nitrogens is 1. The van der Waals surface area contributed by atoms with Crippen molar-refractivity contribution < 1.29 is 4.79 Å². The van der Waals surface area contributed by atoms with Gasteiger partial charge in [-0.05, 0) is 31.7 Å². The third-order valence-corrected chi connectivity index (χ3v) is 5.51. The molecule has 1 aromatic heterocycles. The quantitative estimate of drug-likeness (QED) is 0.824. The summed E-state index contributed by atoms with van der Waals surface area (Å²) in [7, 11) is 0. The Morgan fingerprint density at radius 2 is 1.83 bits per heavy atom. The second-order valence-corrected chi connectivity index (χ2v) is 7.22. The Labute approximate surface area is 145 Å². The molecular formula is C17H19N5OS. The molecule has 2 aliphatic rings. The maximum atomic E-state index is 12.7. The molecule has 0 spiro atoms. The maximum absolute atomic E-state index is 12.7. The molecule has 24 heavy (non-hydrogen) atoms. The van der Waals surface area contributed by atoms with Crippen molar-refractivity contribution in [3.05, 3.63) is 17.2 Å². The molecule has 0 unspecified atom stereocenters. The summed E-state index contributed by atoms with van der Waals surface area (Å²) in [6.07, 6.45) is 6.77. The average Bonchev–Trinajstić information content (AvgIpc) is 3.27. The summed E-state index contributed by atoms with van der Waals surface area (Å²) < 4.78 is 0. The lowest BCUT2D eigenvalue weighted by molar-refractivity contribution is -0.131. The van der Waals surface area contributed by atoms with Gasteiger partial charge in [-0.3, -0.25) is 4.79 Å². The first-order chi connectivity index (χ1) is 11.6. The minimum Gasteiger partial charge on any atom is -0.383 e. The molecule has 2 saturated carbocycles. The van der Waals surface area contributed by atoms with Crippen molar-refractivity contribution in [1.29, 1.82) is 10.5 Å². The molecule has 0 radical (unpaired) electrons. The molecule has 6 nitrogen and oxygen atoms in total. The molecule has 3 rings (SSSR count). The van der Waals surface area contributed by atoms with Crippen LogP contribution in [0.4, 0.5) is 5.82 Å². The third kappa shape index (κ3) is 3.47. The fraction of sp³-hybridized carbons (Fsp3) is 0.529. The lowest BCUT2D eigenvalue weighted by Crippen LogP contribution is -2.41. The van der Waals surface area contributed by atoms with Gasteiger partial charge in [-0.2, -0.15) is 10.5 Å². The molecule has 124 valence electrons. The fourth-order valence-corrected chi connectivity index (χ4v) is 4.07. The Bertz CT molecular complexity index is 726. The highest BCUT2D eigenvalue weighted by atomic mass is 32.2. The van der Waals surface area contributed by atoms with Crippen LogP contribution >= 0.6 is 11.8 Å². The lowest BCUT2D eigenvalue weighted by atomic mass is 10.2. The minimum absolute atomic E-state index is 0.0984. The largest absolute Gasteiger partial charge is 0.383 e. The SMILES string of the molecule is N#Cc1cc(C#N)c(SCC(=O)N(C2CCCC2)C2CC2)nc1N. The van der Waals surface area contributed by atoms with Gasteiger partial charge >= 0.3 is 0 Å². The summed E-state index contributed by atoms with van der Waals surface area (Å²) in [6.45, 7) is 0. The van der Waals surface area contributed by atoms with E-state index in [1.165, 1.54) is 30.7 Å². The van der Waals surface area contributed by atoms with Crippen molar-refractivity contribution in [2.75, 3.05) is 11.5 Å². The van der Waals surface area contributed by atoms with Gasteiger partial charge in [-0.1, -0.05) is 24.6 Å². The van der Waals surface area contributed by atoms with Crippen LogP contribution < -0.4 is 5.73 Å². The van der Waals surface area contributed by atoms with Crippen molar-refractivity contribution in [2.45, 2.75) is 55.6 Å². The molecule has 1 amide bonds. The number of carbonyl (C=O) groups is 1. The molecular weight excluding hydrogens is 322 g/mol. The first-order valence-electron chi connectivity index (χ1n) is 8.18. The number of pyridine rings is 1. The second kappa shape index (κ2) is 7.11. The minimum atomic E-state index is 0.0984. The van der Waals surface area contributed by atoms with Crippen molar-refractivity contribution in [2.24, 2.45) is 0 Å². The number of rotatable bonds is 5. The van der Waals surface area contributed by atoms with Crippen LogP contribution in [-0.2, 0) is 4.79 Å². The van der Waals surface area contributed by atoms with Crippen LogP contribution in [0.15, 0.2) is 11.1 Å². The molecule has 0 atom stereocenters. The van der Waals surface area contributed by atoms with E-state index in [1.54, 1.807) is 0 Å². The number of carbonyl (C=O) groups excluding carboxylic acids is 1. The zero-order valence-corrected chi connectivity index (χ0v) is 14.2. The molecule has 2 N–H and O–H groups in total. The van der Waals surface area contributed by atoms with Crippen LogP contribution in [0, 0.1) is 22.7 Å². The molecule has 2 fully saturated rings. The molecule has 7 heteroatoms. The molecule has 1 heterocycles. The van der Waals surface area contributed by atoms with Gasteiger partial charge in [0.15, 0.2) is 0 Å². The normalized spacial score (nSPS) is 17.2. The van der Waals surface area contributed by atoms with E-state index in [0.29, 0.717) is 17.1 Å². The van der Waals surface area contributed by atoms with Gasteiger partial charge in [-0.15, -0.1) is 0 Å². The number of nitrogens with zero attached hydrogens (tertiary/aromatic N) is 4. The maximum Gasteiger partial charge on any atom is 0.233 e. The Balaban J connectivity index is 1.70. The van der Waals surface area contributed by atoms with Crippen molar-refractivity contribution >= 4 is 23.5 Å². The smallest absolute Gasteiger partial charge is 0.233 e. The number of nitrogens with two attached hydrogens (primary N) is 1. The van der Waals surface area contributed by atoms with E-state index < -0.39 is 0 Å². The highest BCUT2D eigenvalue weighted by Gasteiger charge is 2.38. The van der Waals surface area contributed by atoms with Crippen LogP contribution in [0.5, 0.6) is 0 Å². The van der Waals surface area contributed by atoms with Crippen molar-refractivity contribution in [3.8, 4) is 12.1 Å². The summed E-state index contributed by atoms with van der Waals surface area (Å²) in [5, 5.41) is 18.6. The number of nitrogen functional groups attached to an aromatic ring is 1. The van der Waals surface area contributed by atoms with Gasteiger partial charge in [0.1, 0.15) is 23.0 Å².